The van der Waals surface area contributed by atoms with Gasteiger partial charge in [-0.25, -0.2) is 9.37 Å². The van der Waals surface area contributed by atoms with Crippen LogP contribution in [0.4, 0.5) is 34.8 Å². The standard InChI is InChI=1S/C32H37F4N7O3/c1-5-27(44)41-10-9-40-16-22(38(3)15-23(40)18-41)17-42-14-20-12-28(45)43(26-13-21(32(34,35)36)11-19(2)37-26)29(20)31(46)39(4)25-8-6-7-24(33)30(25)42/h5-8,11,13,20,22-23,29H,1,9-10,12,14-18H2,2-4H3/t20-,22+,23+,29+/m1/s1. The van der Waals surface area contributed by atoms with Crippen molar-refractivity contribution in [2.75, 3.05) is 74.6 Å². The molecule has 4 aliphatic heterocycles. The number of aryl methyl sites for hydroxylation is 1. The molecule has 6 rings (SSSR count). The van der Waals surface area contributed by atoms with Gasteiger partial charge in [-0.05, 0) is 44.3 Å². The van der Waals surface area contributed by atoms with E-state index in [-0.39, 0.29) is 48.2 Å². The zero-order valence-corrected chi connectivity index (χ0v) is 26.0. The lowest BCUT2D eigenvalue weighted by atomic mass is 9.95. The Bertz CT molecular complexity index is 1570. The SMILES string of the molecule is C=CC(=O)N1CCN2C[C@@H](CN3C[C@H]4CC(=O)N(c5cc(C(F)(F)F)cc(C)n5)[C@@H]4C(=O)N(C)c4cccc(F)c43)N(C)C[C@H]2C1. The van der Waals surface area contributed by atoms with E-state index in [1.807, 2.05) is 11.9 Å². The molecule has 0 bridgehead atoms. The lowest BCUT2D eigenvalue weighted by Gasteiger charge is -2.51. The first-order chi connectivity index (χ1) is 21.8. The second kappa shape index (κ2) is 12.0. The second-order valence-electron chi connectivity index (χ2n) is 12.7. The van der Waals surface area contributed by atoms with Crippen LogP contribution in [0, 0.1) is 18.7 Å². The third-order valence-corrected chi connectivity index (χ3v) is 9.72. The fraction of sp³-hybridized carbons (Fsp3) is 0.500. The number of hydrogen-bond donors (Lipinski definition) is 0. The normalized spacial score (nSPS) is 26.0. The van der Waals surface area contributed by atoms with Gasteiger partial charge in [0.2, 0.25) is 17.7 Å². The number of carbonyl (C=O) groups is 3. The van der Waals surface area contributed by atoms with Gasteiger partial charge in [-0.2, -0.15) is 13.2 Å². The number of alkyl halides is 3. The summed E-state index contributed by atoms with van der Waals surface area (Å²) in [7, 11) is 3.48. The Morgan fingerprint density at radius 3 is 2.57 bits per heavy atom. The first kappa shape index (κ1) is 31.9. The highest BCUT2D eigenvalue weighted by atomic mass is 19.4. The molecule has 0 spiro atoms. The molecular weight excluding hydrogens is 606 g/mol. The number of halogens is 4. The highest BCUT2D eigenvalue weighted by Crippen LogP contribution is 2.41. The van der Waals surface area contributed by atoms with Crippen molar-refractivity contribution in [2.24, 2.45) is 5.92 Å². The molecule has 46 heavy (non-hydrogen) atoms. The Hall–Kier alpha value is -4.04. The molecule has 0 N–H and O–H groups in total. The molecular formula is C32H37F4N7O3. The van der Waals surface area contributed by atoms with E-state index >= 15 is 4.39 Å². The van der Waals surface area contributed by atoms with E-state index < -0.39 is 41.3 Å². The number of fused-ring (bicyclic) bond motifs is 3. The minimum Gasteiger partial charge on any atom is -0.365 e. The lowest BCUT2D eigenvalue weighted by Crippen LogP contribution is -2.66. The number of pyridine rings is 1. The minimum atomic E-state index is -4.67. The van der Waals surface area contributed by atoms with Crippen molar-refractivity contribution in [2.45, 2.75) is 37.6 Å². The predicted octanol–water partition coefficient (Wildman–Crippen LogP) is 2.77. The summed E-state index contributed by atoms with van der Waals surface area (Å²) in [6.45, 7) is 8.72. The van der Waals surface area contributed by atoms with E-state index in [1.165, 1.54) is 37.1 Å². The maximum atomic E-state index is 15.7. The summed E-state index contributed by atoms with van der Waals surface area (Å²) in [5, 5.41) is 0. The fourth-order valence-electron chi connectivity index (χ4n) is 7.41. The Morgan fingerprint density at radius 1 is 1.09 bits per heavy atom. The van der Waals surface area contributed by atoms with Gasteiger partial charge < -0.3 is 14.7 Å². The predicted molar refractivity (Wildman–Crippen MR) is 164 cm³/mol. The van der Waals surface area contributed by atoms with Gasteiger partial charge in [0, 0.05) is 83.0 Å². The van der Waals surface area contributed by atoms with Crippen LogP contribution in [0.3, 0.4) is 0 Å². The van der Waals surface area contributed by atoms with Crippen LogP contribution >= 0.6 is 0 Å². The monoisotopic (exact) mass is 643 g/mol. The molecule has 0 radical (unpaired) electrons. The van der Waals surface area contributed by atoms with Crippen molar-refractivity contribution in [3.63, 3.8) is 0 Å². The summed E-state index contributed by atoms with van der Waals surface area (Å²) in [5.41, 5.74) is -0.341. The number of likely N-dealkylation sites (N-methyl/N-ethyl adjacent to an activating group) is 2. The van der Waals surface area contributed by atoms with Crippen LogP contribution in [-0.2, 0) is 20.6 Å². The quantitative estimate of drug-likeness (QED) is 0.375. The molecule has 3 amide bonds. The molecule has 2 aromatic rings. The van der Waals surface area contributed by atoms with Crippen LogP contribution in [0.5, 0.6) is 0 Å². The number of hydrogen-bond acceptors (Lipinski definition) is 7. The second-order valence-corrected chi connectivity index (χ2v) is 12.7. The van der Waals surface area contributed by atoms with Gasteiger partial charge in [-0.15, -0.1) is 0 Å². The fourth-order valence-corrected chi connectivity index (χ4v) is 7.41. The molecule has 0 unspecified atom stereocenters. The third-order valence-electron chi connectivity index (χ3n) is 9.72. The molecule has 14 heteroatoms. The highest BCUT2D eigenvalue weighted by molar-refractivity contribution is 6.10. The number of carbonyl (C=O) groups excluding carboxylic acids is 3. The molecule has 3 fully saturated rings. The van der Waals surface area contributed by atoms with Crippen LogP contribution in [0.2, 0.25) is 0 Å². The maximum absolute atomic E-state index is 15.7. The van der Waals surface area contributed by atoms with E-state index in [4.69, 9.17) is 0 Å². The molecule has 3 saturated heterocycles. The third kappa shape index (κ3) is 5.72. The van der Waals surface area contributed by atoms with Gasteiger partial charge >= 0.3 is 6.18 Å². The van der Waals surface area contributed by atoms with Crippen molar-refractivity contribution in [3.05, 3.63) is 60.1 Å². The zero-order valence-electron chi connectivity index (χ0n) is 26.0. The number of aromatic nitrogens is 1. The number of para-hydroxylation sites is 1. The van der Waals surface area contributed by atoms with Crippen molar-refractivity contribution in [1.82, 2.24) is 19.7 Å². The molecule has 0 saturated carbocycles. The first-order valence-corrected chi connectivity index (χ1v) is 15.3. The highest BCUT2D eigenvalue weighted by Gasteiger charge is 2.50. The molecule has 4 atom stereocenters. The summed E-state index contributed by atoms with van der Waals surface area (Å²) >= 11 is 0. The summed E-state index contributed by atoms with van der Waals surface area (Å²) in [5.74, 6) is -2.52. The van der Waals surface area contributed by atoms with Gasteiger partial charge in [-0.3, -0.25) is 29.1 Å². The average Bonchev–Trinajstić information content (AvgIpc) is 3.33. The topological polar surface area (TPSA) is 83.5 Å². The van der Waals surface area contributed by atoms with Crippen molar-refractivity contribution in [1.29, 1.82) is 0 Å². The van der Waals surface area contributed by atoms with Gasteiger partial charge in [-0.1, -0.05) is 12.6 Å². The van der Waals surface area contributed by atoms with E-state index in [9.17, 15) is 27.6 Å². The van der Waals surface area contributed by atoms with Crippen molar-refractivity contribution >= 4 is 34.9 Å². The summed E-state index contributed by atoms with van der Waals surface area (Å²) < 4.78 is 56.9. The molecule has 246 valence electrons. The molecule has 4 aliphatic rings. The molecule has 0 aliphatic carbocycles. The van der Waals surface area contributed by atoms with Gasteiger partial charge in [0.1, 0.15) is 17.7 Å². The van der Waals surface area contributed by atoms with Crippen molar-refractivity contribution < 1.29 is 31.9 Å². The van der Waals surface area contributed by atoms with Gasteiger partial charge in [0.25, 0.3) is 0 Å². The Morgan fingerprint density at radius 2 is 1.85 bits per heavy atom. The lowest BCUT2D eigenvalue weighted by molar-refractivity contribution is -0.137. The Kier molecular flexibility index (Phi) is 8.30. The van der Waals surface area contributed by atoms with E-state index in [0.29, 0.717) is 45.0 Å². The van der Waals surface area contributed by atoms with Gasteiger partial charge in [0.05, 0.1) is 16.9 Å². The molecule has 10 nitrogen and oxygen atoms in total. The van der Waals surface area contributed by atoms with Gasteiger partial charge in [0.15, 0.2) is 0 Å². The number of amides is 3. The number of anilines is 3. The number of benzene rings is 1. The maximum Gasteiger partial charge on any atom is 0.416 e. The Balaban J connectivity index is 1.33. The summed E-state index contributed by atoms with van der Waals surface area (Å²) in [6, 6.07) is 5.13. The van der Waals surface area contributed by atoms with Crippen molar-refractivity contribution in [3.8, 4) is 0 Å². The number of piperazine rings is 2. The van der Waals surface area contributed by atoms with E-state index in [0.717, 1.165) is 17.0 Å². The smallest absolute Gasteiger partial charge is 0.365 e. The van der Waals surface area contributed by atoms with Crippen LogP contribution in [0.1, 0.15) is 17.7 Å². The Labute approximate surface area is 264 Å². The number of nitrogens with zero attached hydrogens (tertiary/aromatic N) is 7. The molecule has 5 heterocycles. The van der Waals surface area contributed by atoms with Crippen LogP contribution < -0.4 is 14.7 Å². The largest absolute Gasteiger partial charge is 0.416 e. The number of rotatable bonds is 4. The molecule has 1 aromatic carbocycles. The van der Waals surface area contributed by atoms with Crippen LogP contribution in [0.15, 0.2) is 43.0 Å². The van der Waals surface area contributed by atoms with Crippen LogP contribution in [0.25, 0.3) is 0 Å². The summed E-state index contributed by atoms with van der Waals surface area (Å²) in [4.78, 5) is 54.6. The average molecular weight is 644 g/mol. The first-order valence-electron chi connectivity index (χ1n) is 15.3. The van der Waals surface area contributed by atoms with E-state index in [1.54, 1.807) is 11.0 Å². The zero-order chi connectivity index (χ0) is 33.1. The minimum absolute atomic E-state index is 0.0507. The van der Waals surface area contributed by atoms with Crippen LogP contribution in [-0.4, -0.2) is 115 Å². The summed E-state index contributed by atoms with van der Waals surface area (Å²) in [6.07, 6.45) is -3.45. The van der Waals surface area contributed by atoms with E-state index in [2.05, 4.69) is 21.4 Å². The molecule has 1 aromatic heterocycles.